The molecule has 2 aliphatic heterocycles. The van der Waals surface area contributed by atoms with Gasteiger partial charge in [-0.15, -0.1) is 4.40 Å². The van der Waals surface area contributed by atoms with Gasteiger partial charge in [-0.1, -0.05) is 24.3 Å². The van der Waals surface area contributed by atoms with Crippen molar-refractivity contribution in [2.75, 3.05) is 13.1 Å². The lowest BCUT2D eigenvalue weighted by Crippen LogP contribution is -2.45. The SMILES string of the molecule is O=C(NCc1ccc(OC(F)F)cc1)[C@@H]1CCCN(C2=NS(=O)(=O)c3ccccc32)C1. The van der Waals surface area contributed by atoms with Gasteiger partial charge in [0.1, 0.15) is 10.6 Å². The minimum absolute atomic E-state index is 0.0561. The summed E-state index contributed by atoms with van der Waals surface area (Å²) in [5, 5.41) is 2.86. The van der Waals surface area contributed by atoms with E-state index in [0.29, 0.717) is 30.9 Å². The summed E-state index contributed by atoms with van der Waals surface area (Å²) >= 11 is 0. The van der Waals surface area contributed by atoms with Gasteiger partial charge in [-0.05, 0) is 42.7 Å². The largest absolute Gasteiger partial charge is 0.435 e. The molecule has 1 atom stereocenters. The second-order valence-electron chi connectivity index (χ2n) is 7.41. The Bertz CT molecular complexity index is 1100. The molecule has 1 N–H and O–H groups in total. The van der Waals surface area contributed by atoms with Crippen molar-refractivity contribution in [3.05, 3.63) is 59.7 Å². The van der Waals surface area contributed by atoms with Crippen molar-refractivity contribution in [1.29, 1.82) is 0 Å². The Hall–Kier alpha value is -3.01. The molecule has 1 saturated heterocycles. The monoisotopic (exact) mass is 449 g/mol. The second kappa shape index (κ2) is 8.62. The molecule has 0 radical (unpaired) electrons. The normalized spacial score (nSPS) is 19.6. The van der Waals surface area contributed by atoms with Crippen molar-refractivity contribution in [2.24, 2.45) is 10.3 Å². The lowest BCUT2D eigenvalue weighted by atomic mass is 9.96. The maximum atomic E-state index is 12.7. The smallest absolute Gasteiger partial charge is 0.387 e. The fourth-order valence-electron chi connectivity index (χ4n) is 3.82. The van der Waals surface area contributed by atoms with Crippen LogP contribution in [0.2, 0.25) is 0 Å². The number of sulfonamides is 1. The molecule has 1 amide bonds. The van der Waals surface area contributed by atoms with Crippen molar-refractivity contribution in [3.8, 4) is 5.75 Å². The molecule has 2 aromatic carbocycles. The second-order valence-corrected chi connectivity index (χ2v) is 8.98. The van der Waals surface area contributed by atoms with E-state index in [1.807, 2.05) is 4.90 Å². The molecule has 7 nitrogen and oxygen atoms in total. The van der Waals surface area contributed by atoms with E-state index in [0.717, 1.165) is 12.0 Å². The van der Waals surface area contributed by atoms with Crippen molar-refractivity contribution in [3.63, 3.8) is 0 Å². The van der Waals surface area contributed by atoms with Crippen LogP contribution in [-0.4, -0.2) is 44.8 Å². The number of ether oxygens (including phenoxy) is 1. The number of likely N-dealkylation sites (tertiary alicyclic amines) is 1. The summed E-state index contributed by atoms with van der Waals surface area (Å²) in [7, 11) is -3.71. The van der Waals surface area contributed by atoms with Crippen LogP contribution in [0.3, 0.4) is 0 Å². The third kappa shape index (κ3) is 4.68. The average Bonchev–Trinajstić information content (AvgIpc) is 3.04. The number of carbonyl (C=O) groups is 1. The van der Waals surface area contributed by atoms with Crippen LogP contribution in [0.25, 0.3) is 0 Å². The number of hydrogen-bond donors (Lipinski definition) is 1. The highest BCUT2D eigenvalue weighted by molar-refractivity contribution is 7.90. The van der Waals surface area contributed by atoms with Gasteiger partial charge in [0.05, 0.1) is 5.92 Å². The maximum Gasteiger partial charge on any atom is 0.387 e. The zero-order valence-corrected chi connectivity index (χ0v) is 17.3. The van der Waals surface area contributed by atoms with Crippen LogP contribution in [0.1, 0.15) is 24.0 Å². The van der Waals surface area contributed by atoms with E-state index in [9.17, 15) is 22.0 Å². The molecule has 2 heterocycles. The van der Waals surface area contributed by atoms with Gasteiger partial charge in [0, 0.05) is 25.2 Å². The zero-order chi connectivity index (χ0) is 22.0. The molecular weight excluding hydrogens is 428 g/mol. The molecule has 0 bridgehead atoms. The molecule has 0 aliphatic carbocycles. The highest BCUT2D eigenvalue weighted by atomic mass is 32.2. The number of piperidine rings is 1. The fourth-order valence-corrected chi connectivity index (χ4v) is 5.05. The average molecular weight is 449 g/mol. The number of alkyl halides is 2. The molecule has 2 aromatic rings. The van der Waals surface area contributed by atoms with E-state index in [1.54, 1.807) is 30.3 Å². The number of halogens is 2. The molecule has 4 rings (SSSR count). The topological polar surface area (TPSA) is 88.1 Å². The molecule has 31 heavy (non-hydrogen) atoms. The van der Waals surface area contributed by atoms with E-state index in [2.05, 4.69) is 14.5 Å². The van der Waals surface area contributed by atoms with Gasteiger partial charge in [-0.3, -0.25) is 4.79 Å². The highest BCUT2D eigenvalue weighted by Gasteiger charge is 2.35. The minimum Gasteiger partial charge on any atom is -0.435 e. The van der Waals surface area contributed by atoms with Gasteiger partial charge in [0.15, 0.2) is 5.84 Å². The predicted octanol–water partition coefficient (Wildman–Crippen LogP) is 2.77. The Morgan fingerprint density at radius 3 is 2.68 bits per heavy atom. The van der Waals surface area contributed by atoms with Crippen LogP contribution in [0.4, 0.5) is 8.78 Å². The van der Waals surface area contributed by atoms with E-state index < -0.39 is 16.6 Å². The van der Waals surface area contributed by atoms with Crippen LogP contribution >= 0.6 is 0 Å². The lowest BCUT2D eigenvalue weighted by molar-refractivity contribution is -0.126. The number of benzene rings is 2. The summed E-state index contributed by atoms with van der Waals surface area (Å²) in [5.41, 5.74) is 1.32. The number of nitrogens with zero attached hydrogens (tertiary/aromatic N) is 2. The molecule has 0 aromatic heterocycles. The van der Waals surface area contributed by atoms with Gasteiger partial charge in [-0.2, -0.15) is 17.2 Å². The number of nitrogens with one attached hydrogen (secondary N) is 1. The Morgan fingerprint density at radius 1 is 1.19 bits per heavy atom. The van der Waals surface area contributed by atoms with Gasteiger partial charge in [-0.25, -0.2) is 0 Å². The van der Waals surface area contributed by atoms with Crippen LogP contribution in [-0.2, 0) is 21.4 Å². The molecule has 1 fully saturated rings. The minimum atomic E-state index is -3.71. The number of carbonyl (C=O) groups excluding carboxylic acids is 1. The summed E-state index contributed by atoms with van der Waals surface area (Å²) in [6.45, 7) is -1.64. The first-order chi connectivity index (χ1) is 14.8. The van der Waals surface area contributed by atoms with Gasteiger partial charge in [0.25, 0.3) is 10.0 Å². The van der Waals surface area contributed by atoms with Crippen molar-refractivity contribution >= 4 is 21.8 Å². The van der Waals surface area contributed by atoms with Crippen molar-refractivity contribution in [1.82, 2.24) is 10.2 Å². The van der Waals surface area contributed by atoms with Crippen LogP contribution < -0.4 is 10.1 Å². The highest BCUT2D eigenvalue weighted by Crippen LogP contribution is 2.29. The fraction of sp³-hybridized carbons (Fsp3) is 0.333. The number of rotatable bonds is 5. The molecule has 10 heteroatoms. The standard InChI is InChI=1S/C21H21F2N3O4S/c22-21(23)30-16-9-7-14(8-10-16)12-24-20(27)15-4-3-11-26(13-15)19-17-5-1-2-6-18(17)31(28,29)25-19/h1-2,5-10,15,21H,3-4,11-13H2,(H,24,27)/t15-/m1/s1. The predicted molar refractivity (Wildman–Crippen MR) is 109 cm³/mol. The number of hydrogen-bond acceptors (Lipinski definition) is 5. The number of fused-ring (bicyclic) bond motifs is 1. The summed E-state index contributed by atoms with van der Waals surface area (Å²) in [6, 6.07) is 12.8. The molecule has 0 unspecified atom stereocenters. The van der Waals surface area contributed by atoms with Crippen LogP contribution in [0.15, 0.2) is 57.8 Å². The number of amidine groups is 1. The molecule has 0 spiro atoms. The first-order valence-corrected chi connectivity index (χ1v) is 11.3. The third-order valence-electron chi connectivity index (χ3n) is 5.32. The maximum absolute atomic E-state index is 12.7. The third-order valence-corrected chi connectivity index (χ3v) is 6.64. The van der Waals surface area contributed by atoms with E-state index in [4.69, 9.17) is 0 Å². The Balaban J connectivity index is 1.38. The van der Waals surface area contributed by atoms with Crippen molar-refractivity contribution < 1.29 is 26.7 Å². The Kier molecular flexibility index (Phi) is 5.90. The Morgan fingerprint density at radius 2 is 1.94 bits per heavy atom. The van der Waals surface area contributed by atoms with Gasteiger partial charge < -0.3 is 15.0 Å². The summed E-state index contributed by atoms with van der Waals surface area (Å²) < 4.78 is 57.3. The summed E-state index contributed by atoms with van der Waals surface area (Å²) in [5.74, 6) is -0.0102. The quantitative estimate of drug-likeness (QED) is 0.759. The van der Waals surface area contributed by atoms with E-state index in [1.165, 1.54) is 18.2 Å². The van der Waals surface area contributed by atoms with Gasteiger partial charge in [0.2, 0.25) is 5.91 Å². The molecule has 2 aliphatic rings. The molecule has 0 saturated carbocycles. The first kappa shape index (κ1) is 21.2. The molecular formula is C21H21F2N3O4S. The zero-order valence-electron chi connectivity index (χ0n) is 16.5. The van der Waals surface area contributed by atoms with E-state index in [-0.39, 0.29) is 29.0 Å². The van der Waals surface area contributed by atoms with Crippen LogP contribution in [0.5, 0.6) is 5.75 Å². The first-order valence-electron chi connectivity index (χ1n) is 9.84. The van der Waals surface area contributed by atoms with Crippen LogP contribution in [0, 0.1) is 5.92 Å². The lowest BCUT2D eigenvalue weighted by Gasteiger charge is -2.33. The van der Waals surface area contributed by atoms with E-state index >= 15 is 0 Å². The number of amides is 1. The van der Waals surface area contributed by atoms with Gasteiger partial charge >= 0.3 is 6.61 Å². The summed E-state index contributed by atoms with van der Waals surface area (Å²) in [4.78, 5) is 14.7. The van der Waals surface area contributed by atoms with Crippen molar-refractivity contribution in [2.45, 2.75) is 30.9 Å². The summed E-state index contributed by atoms with van der Waals surface area (Å²) in [6.07, 6.45) is 1.42. The molecule has 164 valence electrons. The Labute approximate surface area is 178 Å².